The molecule has 0 radical (unpaired) electrons. The van der Waals surface area contributed by atoms with Crippen LogP contribution in [0.4, 0.5) is 10.5 Å². The molecule has 1 atom stereocenters. The summed E-state index contributed by atoms with van der Waals surface area (Å²) in [6.45, 7) is 15.7. The van der Waals surface area contributed by atoms with Gasteiger partial charge in [0.15, 0.2) is 0 Å². The van der Waals surface area contributed by atoms with Crippen molar-refractivity contribution in [2.24, 2.45) is 0 Å². The highest BCUT2D eigenvalue weighted by Gasteiger charge is 2.31. The molecule has 2 heterocycles. The Hall–Kier alpha value is -1.40. The molecule has 2 fully saturated rings. The number of rotatable bonds is 3. The van der Waals surface area contributed by atoms with Gasteiger partial charge in [-0.05, 0) is 76.2 Å². The van der Waals surface area contributed by atoms with Crippen LogP contribution in [0.3, 0.4) is 0 Å². The van der Waals surface area contributed by atoms with E-state index in [0.29, 0.717) is 0 Å². The first-order valence-corrected chi connectivity index (χ1v) is 10.3. The fraction of sp³-hybridized carbons (Fsp3) is 0.650. The van der Waals surface area contributed by atoms with Crippen LogP contribution in [0.2, 0.25) is 0 Å². The predicted octanol–water partition coefficient (Wildman–Crippen LogP) is 4.17. The molecule has 0 spiro atoms. The Labute approximate surface area is 161 Å². The van der Waals surface area contributed by atoms with Crippen LogP contribution in [0.1, 0.15) is 44.4 Å². The predicted molar refractivity (Wildman–Crippen MR) is 109 cm³/mol. The largest absolute Gasteiger partial charge is 0.444 e. The van der Waals surface area contributed by atoms with Crippen LogP contribution >= 0.6 is 11.9 Å². The van der Waals surface area contributed by atoms with Gasteiger partial charge < -0.3 is 13.9 Å². The van der Waals surface area contributed by atoms with Gasteiger partial charge in [0.1, 0.15) is 5.60 Å². The molecule has 2 aliphatic rings. The second-order valence-corrected chi connectivity index (χ2v) is 9.42. The van der Waals surface area contributed by atoms with Gasteiger partial charge in [-0.1, -0.05) is 6.07 Å². The van der Waals surface area contributed by atoms with E-state index < -0.39 is 5.60 Å². The quantitative estimate of drug-likeness (QED) is 0.584. The van der Waals surface area contributed by atoms with Gasteiger partial charge in [0.05, 0.1) is 11.6 Å². The standard InChI is InChI=1S/C20H31N3O2S/c1-14-9-17(16(3)18(10-14)23-13-26-23)12-21-7-8-22(15(2)11-21)19(24)25-20(4,5)6/h9-10,15H,7-8,11-13H2,1-6H3/t15-,23?/m0/s1. The number of carbonyl (C=O) groups excluding carboxylic acids is 1. The first kappa shape index (κ1) is 19.4. The molecule has 2 saturated heterocycles. The molecule has 3 rings (SSSR count). The van der Waals surface area contributed by atoms with E-state index in [0.717, 1.165) is 32.1 Å². The third-order valence-corrected chi connectivity index (χ3v) is 5.61. The lowest BCUT2D eigenvalue weighted by molar-refractivity contribution is 0.000541. The van der Waals surface area contributed by atoms with E-state index in [1.54, 1.807) is 0 Å². The Morgan fingerprint density at radius 3 is 2.54 bits per heavy atom. The molecule has 1 amide bonds. The third kappa shape index (κ3) is 4.65. The van der Waals surface area contributed by atoms with E-state index in [4.69, 9.17) is 4.74 Å². The average molecular weight is 378 g/mol. The lowest BCUT2D eigenvalue weighted by Crippen LogP contribution is -2.54. The minimum absolute atomic E-state index is 0.158. The number of hydrogen-bond donors (Lipinski definition) is 0. The van der Waals surface area contributed by atoms with Crippen molar-refractivity contribution in [3.63, 3.8) is 0 Å². The number of amides is 1. The van der Waals surface area contributed by atoms with Crippen LogP contribution in [-0.2, 0) is 11.3 Å². The maximum absolute atomic E-state index is 12.4. The van der Waals surface area contributed by atoms with E-state index >= 15 is 0 Å². The topological polar surface area (TPSA) is 35.8 Å². The smallest absolute Gasteiger partial charge is 0.410 e. The van der Waals surface area contributed by atoms with Crippen LogP contribution in [0.25, 0.3) is 0 Å². The normalized spacial score (nSPS) is 21.1. The molecule has 1 aromatic rings. The lowest BCUT2D eigenvalue weighted by atomic mass is 10.0. The van der Waals surface area contributed by atoms with Gasteiger partial charge >= 0.3 is 6.09 Å². The highest BCUT2D eigenvalue weighted by molar-refractivity contribution is 8.07. The third-order valence-electron chi connectivity index (χ3n) is 4.89. The summed E-state index contributed by atoms with van der Waals surface area (Å²) in [6.07, 6.45) is -0.197. The molecule has 0 N–H and O–H groups in total. The van der Waals surface area contributed by atoms with Crippen molar-refractivity contribution < 1.29 is 9.53 Å². The monoisotopic (exact) mass is 377 g/mol. The highest BCUT2D eigenvalue weighted by Crippen LogP contribution is 2.39. The number of nitrogens with zero attached hydrogens (tertiary/aromatic N) is 3. The van der Waals surface area contributed by atoms with E-state index in [9.17, 15) is 4.79 Å². The van der Waals surface area contributed by atoms with Crippen molar-refractivity contribution in [1.82, 2.24) is 9.80 Å². The molecular formula is C20H31N3O2S. The number of ether oxygens (including phenoxy) is 1. The number of anilines is 1. The zero-order chi connectivity index (χ0) is 19.1. The van der Waals surface area contributed by atoms with Crippen LogP contribution in [0.15, 0.2) is 12.1 Å². The molecule has 5 nitrogen and oxygen atoms in total. The average Bonchev–Trinajstić information content (AvgIpc) is 3.33. The van der Waals surface area contributed by atoms with Gasteiger partial charge in [-0.2, -0.15) is 0 Å². The minimum Gasteiger partial charge on any atom is -0.444 e. The SMILES string of the molecule is Cc1cc(CN2CCN(C(=O)OC(C)(C)C)[C@@H](C)C2)c(C)c(N2CS2)c1. The Morgan fingerprint density at radius 2 is 1.96 bits per heavy atom. The fourth-order valence-electron chi connectivity index (χ4n) is 3.51. The zero-order valence-corrected chi connectivity index (χ0v) is 17.7. The van der Waals surface area contributed by atoms with Crippen LogP contribution in [0.5, 0.6) is 0 Å². The minimum atomic E-state index is -0.445. The van der Waals surface area contributed by atoms with Crippen molar-refractivity contribution in [1.29, 1.82) is 0 Å². The molecule has 144 valence electrons. The van der Waals surface area contributed by atoms with Crippen LogP contribution < -0.4 is 4.31 Å². The van der Waals surface area contributed by atoms with E-state index in [-0.39, 0.29) is 12.1 Å². The summed E-state index contributed by atoms with van der Waals surface area (Å²) in [4.78, 5) is 16.7. The van der Waals surface area contributed by atoms with Crippen molar-refractivity contribution in [3.05, 3.63) is 28.8 Å². The molecular weight excluding hydrogens is 346 g/mol. The van der Waals surface area contributed by atoms with Gasteiger partial charge in [-0.25, -0.2) is 4.79 Å². The molecule has 0 aliphatic carbocycles. The van der Waals surface area contributed by atoms with Crippen molar-refractivity contribution in [3.8, 4) is 0 Å². The van der Waals surface area contributed by atoms with Crippen LogP contribution in [-0.4, -0.2) is 53.0 Å². The van der Waals surface area contributed by atoms with Crippen molar-refractivity contribution in [2.75, 3.05) is 29.8 Å². The molecule has 6 heteroatoms. The first-order valence-electron chi connectivity index (χ1n) is 9.36. The second-order valence-electron chi connectivity index (χ2n) is 8.46. The molecule has 2 aliphatic heterocycles. The summed E-state index contributed by atoms with van der Waals surface area (Å²) in [5, 5.41) is 0. The highest BCUT2D eigenvalue weighted by atomic mass is 32.2. The molecule has 1 aromatic carbocycles. The Morgan fingerprint density at radius 1 is 1.27 bits per heavy atom. The number of aryl methyl sites for hydroxylation is 1. The summed E-state index contributed by atoms with van der Waals surface area (Å²) >= 11 is 1.87. The summed E-state index contributed by atoms with van der Waals surface area (Å²) in [5.41, 5.74) is 4.99. The van der Waals surface area contributed by atoms with Crippen molar-refractivity contribution >= 4 is 23.7 Å². The van der Waals surface area contributed by atoms with Crippen molar-refractivity contribution in [2.45, 2.75) is 59.7 Å². The van der Waals surface area contributed by atoms with Gasteiger partial charge in [-0.3, -0.25) is 4.90 Å². The number of piperazine rings is 1. The second kappa shape index (κ2) is 7.31. The van der Waals surface area contributed by atoms with Gasteiger partial charge in [0.2, 0.25) is 0 Å². The molecule has 0 aromatic heterocycles. The van der Waals surface area contributed by atoms with E-state index in [2.05, 4.69) is 42.1 Å². The first-order chi connectivity index (χ1) is 12.1. The maximum atomic E-state index is 12.4. The molecule has 0 unspecified atom stereocenters. The molecule has 26 heavy (non-hydrogen) atoms. The Kier molecular flexibility index (Phi) is 5.45. The number of hydrogen-bond acceptors (Lipinski definition) is 5. The summed E-state index contributed by atoms with van der Waals surface area (Å²) in [6, 6.07) is 4.74. The summed E-state index contributed by atoms with van der Waals surface area (Å²) in [7, 11) is 0. The van der Waals surface area contributed by atoms with Gasteiger partial charge in [-0.15, -0.1) is 0 Å². The lowest BCUT2D eigenvalue weighted by Gasteiger charge is -2.40. The van der Waals surface area contributed by atoms with Gasteiger partial charge in [0.25, 0.3) is 0 Å². The molecule has 0 bridgehead atoms. The van der Waals surface area contributed by atoms with Crippen LogP contribution in [0, 0.1) is 13.8 Å². The van der Waals surface area contributed by atoms with E-state index in [1.165, 1.54) is 22.4 Å². The summed E-state index contributed by atoms with van der Waals surface area (Å²) < 4.78 is 7.89. The van der Waals surface area contributed by atoms with Gasteiger partial charge in [0, 0.05) is 32.2 Å². The van der Waals surface area contributed by atoms with E-state index in [1.807, 2.05) is 37.6 Å². The number of carbonyl (C=O) groups is 1. The maximum Gasteiger partial charge on any atom is 0.410 e. The zero-order valence-electron chi connectivity index (χ0n) is 16.8. The molecule has 0 saturated carbocycles. The number of benzene rings is 1. The summed E-state index contributed by atoms with van der Waals surface area (Å²) in [5.74, 6) is 1.09. The Bertz CT molecular complexity index is 682. The Balaban J connectivity index is 1.64. The fourth-order valence-corrected chi connectivity index (χ4v) is 4.04.